The number of benzene rings is 3. The van der Waals surface area contributed by atoms with Gasteiger partial charge in [-0.3, -0.25) is 9.59 Å². The fourth-order valence-electron chi connectivity index (χ4n) is 4.92. The van der Waals surface area contributed by atoms with Gasteiger partial charge in [-0.1, -0.05) is 42.5 Å². The Morgan fingerprint density at radius 1 is 1.03 bits per heavy atom. The number of nitrogens with one attached hydrogen (secondary N) is 1. The summed E-state index contributed by atoms with van der Waals surface area (Å²) in [6.45, 7) is 4.24. The molecule has 168 valence electrons. The molecule has 3 aromatic carbocycles. The smallest absolute Gasteiger partial charge is 0.255 e. The molecule has 1 N–H and O–H groups in total. The number of hydrogen-bond donors (Lipinski definition) is 1. The van der Waals surface area contributed by atoms with Crippen molar-refractivity contribution in [3.8, 4) is 11.5 Å². The number of fused-ring (bicyclic) bond motifs is 2. The summed E-state index contributed by atoms with van der Waals surface area (Å²) in [6.07, 6.45) is 0.548. The average molecular weight is 443 g/mol. The number of rotatable bonds is 4. The minimum absolute atomic E-state index is 0.154. The largest absolute Gasteiger partial charge is 0.496 e. The van der Waals surface area contributed by atoms with Crippen LogP contribution in [0.4, 0.5) is 5.69 Å². The van der Waals surface area contributed by atoms with Gasteiger partial charge >= 0.3 is 0 Å². The van der Waals surface area contributed by atoms with Crippen LogP contribution in [0.2, 0.25) is 0 Å². The minimum Gasteiger partial charge on any atom is -0.496 e. The standard InChI is InChI=1S/C27H26N2O4/c1-16-8-6-9-17(2)24(16)28-26(30)25-19-10-4-5-11-20(19)27(31)29(25)18-14-21-22(32-3)12-7-13-23(21)33-15-18/h4-13,18,25H,14-15H2,1-3H3,(H,28,30)/t18-,25?/m0/s1. The van der Waals surface area contributed by atoms with Gasteiger partial charge in [-0.25, -0.2) is 0 Å². The summed E-state index contributed by atoms with van der Waals surface area (Å²) in [5.74, 6) is 1.10. The average Bonchev–Trinajstić information content (AvgIpc) is 3.13. The van der Waals surface area contributed by atoms with E-state index in [1.54, 1.807) is 18.1 Å². The third-order valence-electron chi connectivity index (χ3n) is 6.55. The van der Waals surface area contributed by atoms with Crippen molar-refractivity contribution in [3.63, 3.8) is 0 Å². The Kier molecular flexibility index (Phi) is 5.29. The summed E-state index contributed by atoms with van der Waals surface area (Å²) in [5.41, 5.74) is 4.93. The van der Waals surface area contributed by atoms with Crippen LogP contribution in [0.25, 0.3) is 0 Å². The summed E-state index contributed by atoms with van der Waals surface area (Å²) < 4.78 is 11.5. The van der Waals surface area contributed by atoms with Gasteiger partial charge in [0.15, 0.2) is 0 Å². The Balaban J connectivity index is 1.52. The molecule has 2 aliphatic rings. The van der Waals surface area contributed by atoms with Crippen molar-refractivity contribution in [3.05, 3.63) is 88.5 Å². The Morgan fingerprint density at radius 3 is 2.52 bits per heavy atom. The van der Waals surface area contributed by atoms with Crippen molar-refractivity contribution in [1.29, 1.82) is 0 Å². The van der Waals surface area contributed by atoms with E-state index in [-0.39, 0.29) is 17.9 Å². The molecule has 2 atom stereocenters. The Morgan fingerprint density at radius 2 is 1.76 bits per heavy atom. The summed E-state index contributed by atoms with van der Waals surface area (Å²) in [5, 5.41) is 3.09. The van der Waals surface area contributed by atoms with Crippen molar-refractivity contribution >= 4 is 17.5 Å². The summed E-state index contributed by atoms with van der Waals surface area (Å²) in [6, 6.07) is 17.9. The first kappa shape index (κ1) is 21.1. The van der Waals surface area contributed by atoms with Gasteiger partial charge in [-0.05, 0) is 48.7 Å². The third-order valence-corrected chi connectivity index (χ3v) is 6.55. The highest BCUT2D eigenvalue weighted by Gasteiger charge is 2.46. The van der Waals surface area contributed by atoms with E-state index in [1.165, 1.54) is 0 Å². The van der Waals surface area contributed by atoms with Crippen LogP contribution < -0.4 is 14.8 Å². The van der Waals surface area contributed by atoms with Crippen LogP contribution in [0.15, 0.2) is 60.7 Å². The van der Waals surface area contributed by atoms with E-state index >= 15 is 0 Å². The van der Waals surface area contributed by atoms with E-state index in [0.29, 0.717) is 18.6 Å². The molecule has 33 heavy (non-hydrogen) atoms. The Bertz CT molecular complexity index is 1220. The lowest BCUT2D eigenvalue weighted by Gasteiger charge is -2.36. The molecule has 6 nitrogen and oxygen atoms in total. The number of para-hydroxylation sites is 1. The monoisotopic (exact) mass is 442 g/mol. The minimum atomic E-state index is -0.738. The van der Waals surface area contributed by atoms with Crippen LogP contribution in [0.3, 0.4) is 0 Å². The highest BCUT2D eigenvalue weighted by Crippen LogP contribution is 2.41. The zero-order chi connectivity index (χ0) is 23.1. The number of carbonyl (C=O) groups is 2. The normalized spacial score (nSPS) is 18.9. The summed E-state index contributed by atoms with van der Waals surface area (Å²) in [4.78, 5) is 28.9. The molecule has 0 saturated heterocycles. The molecule has 0 radical (unpaired) electrons. The Labute approximate surface area is 193 Å². The predicted octanol–water partition coefficient (Wildman–Crippen LogP) is 4.45. The number of carbonyl (C=O) groups excluding carboxylic acids is 2. The van der Waals surface area contributed by atoms with Crippen molar-refractivity contribution in [2.75, 3.05) is 19.0 Å². The van der Waals surface area contributed by atoms with Crippen LogP contribution >= 0.6 is 0 Å². The quantitative estimate of drug-likeness (QED) is 0.648. The highest BCUT2D eigenvalue weighted by atomic mass is 16.5. The van der Waals surface area contributed by atoms with Crippen LogP contribution in [-0.2, 0) is 11.2 Å². The number of methoxy groups -OCH3 is 1. The first-order valence-electron chi connectivity index (χ1n) is 11.1. The van der Waals surface area contributed by atoms with Gasteiger partial charge in [-0.15, -0.1) is 0 Å². The van der Waals surface area contributed by atoms with Crippen molar-refractivity contribution in [1.82, 2.24) is 4.90 Å². The summed E-state index contributed by atoms with van der Waals surface area (Å²) in [7, 11) is 1.62. The molecule has 2 amide bonds. The second-order valence-corrected chi connectivity index (χ2v) is 8.56. The highest BCUT2D eigenvalue weighted by molar-refractivity contribution is 6.08. The molecular formula is C27H26N2O4. The van der Waals surface area contributed by atoms with Crippen LogP contribution in [0, 0.1) is 13.8 Å². The van der Waals surface area contributed by atoms with Gasteiger partial charge in [-0.2, -0.15) is 0 Å². The molecule has 0 fully saturated rings. The first-order chi connectivity index (χ1) is 16.0. The van der Waals surface area contributed by atoms with E-state index < -0.39 is 6.04 Å². The lowest BCUT2D eigenvalue weighted by molar-refractivity contribution is -0.121. The van der Waals surface area contributed by atoms with E-state index in [2.05, 4.69) is 5.32 Å². The fourth-order valence-corrected chi connectivity index (χ4v) is 4.92. The van der Waals surface area contributed by atoms with Gasteiger partial charge in [0.25, 0.3) is 11.8 Å². The Hall–Kier alpha value is -3.80. The molecule has 2 aliphatic heterocycles. The van der Waals surface area contributed by atoms with Gasteiger partial charge < -0.3 is 19.7 Å². The molecule has 0 saturated carbocycles. The van der Waals surface area contributed by atoms with Gasteiger partial charge in [0, 0.05) is 23.2 Å². The van der Waals surface area contributed by atoms with E-state index in [0.717, 1.165) is 39.4 Å². The lowest BCUT2D eigenvalue weighted by atomic mass is 9.98. The molecule has 3 aromatic rings. The zero-order valence-electron chi connectivity index (χ0n) is 18.9. The maximum Gasteiger partial charge on any atom is 0.255 e. The van der Waals surface area contributed by atoms with E-state index in [1.807, 2.05) is 68.4 Å². The lowest BCUT2D eigenvalue weighted by Crippen LogP contribution is -2.48. The molecule has 0 aromatic heterocycles. The molecular weight excluding hydrogens is 416 g/mol. The number of aryl methyl sites for hydroxylation is 2. The van der Waals surface area contributed by atoms with Gasteiger partial charge in [0.1, 0.15) is 24.1 Å². The molecule has 0 bridgehead atoms. The number of nitrogens with zero attached hydrogens (tertiary/aromatic N) is 1. The SMILES string of the molecule is COc1cccc2c1C[C@H](N1C(=O)c3ccccc3C1C(=O)Nc1c(C)cccc1C)CO2. The fraction of sp³-hybridized carbons (Fsp3) is 0.259. The maximum atomic E-state index is 13.7. The number of hydrogen-bond acceptors (Lipinski definition) is 4. The second kappa shape index (κ2) is 8.28. The maximum absolute atomic E-state index is 13.7. The van der Waals surface area contributed by atoms with Crippen LogP contribution in [0.5, 0.6) is 11.5 Å². The number of ether oxygens (including phenoxy) is 2. The van der Waals surface area contributed by atoms with Crippen LogP contribution in [0.1, 0.15) is 38.7 Å². The second-order valence-electron chi connectivity index (χ2n) is 8.56. The topological polar surface area (TPSA) is 67.9 Å². The van der Waals surface area contributed by atoms with Crippen molar-refractivity contribution in [2.24, 2.45) is 0 Å². The zero-order valence-corrected chi connectivity index (χ0v) is 18.9. The van der Waals surface area contributed by atoms with Crippen molar-refractivity contribution < 1.29 is 19.1 Å². The molecule has 5 rings (SSSR count). The molecule has 6 heteroatoms. The molecule has 2 heterocycles. The van der Waals surface area contributed by atoms with Gasteiger partial charge in [0.05, 0.1) is 13.2 Å². The van der Waals surface area contributed by atoms with E-state index in [9.17, 15) is 9.59 Å². The summed E-state index contributed by atoms with van der Waals surface area (Å²) >= 11 is 0. The molecule has 0 aliphatic carbocycles. The first-order valence-corrected chi connectivity index (χ1v) is 11.1. The number of anilines is 1. The van der Waals surface area contributed by atoms with Crippen molar-refractivity contribution in [2.45, 2.75) is 32.4 Å². The van der Waals surface area contributed by atoms with Crippen LogP contribution in [-0.4, -0.2) is 36.5 Å². The van der Waals surface area contributed by atoms with Gasteiger partial charge in [0.2, 0.25) is 0 Å². The number of amides is 2. The third kappa shape index (κ3) is 3.52. The predicted molar refractivity (Wildman–Crippen MR) is 126 cm³/mol. The molecule has 1 unspecified atom stereocenters. The molecule has 0 spiro atoms. The van der Waals surface area contributed by atoms with E-state index in [4.69, 9.17) is 9.47 Å².